The van der Waals surface area contributed by atoms with Crippen molar-refractivity contribution in [3.8, 4) is 0 Å². The van der Waals surface area contributed by atoms with Gasteiger partial charge in [-0.1, -0.05) is 13.8 Å². The summed E-state index contributed by atoms with van der Waals surface area (Å²) >= 11 is 0. The topological polar surface area (TPSA) is 49.6 Å². The van der Waals surface area contributed by atoms with Gasteiger partial charge in [-0.15, -0.1) is 0 Å². The Bertz CT molecular complexity index is 218. The Balaban J connectivity index is 2.59. The fourth-order valence-electron chi connectivity index (χ4n) is 2.15. The van der Waals surface area contributed by atoms with Gasteiger partial charge in [0.05, 0.1) is 6.54 Å². The van der Waals surface area contributed by atoms with Crippen LogP contribution in [0.2, 0.25) is 0 Å². The maximum absolute atomic E-state index is 11.6. The van der Waals surface area contributed by atoms with E-state index in [9.17, 15) is 4.79 Å². The lowest BCUT2D eigenvalue weighted by atomic mass is 10.00. The molecule has 4 heteroatoms. The lowest BCUT2D eigenvalue weighted by molar-refractivity contribution is -0.137. The van der Waals surface area contributed by atoms with E-state index >= 15 is 0 Å². The van der Waals surface area contributed by atoms with Crippen molar-refractivity contribution >= 4 is 5.91 Å². The van der Waals surface area contributed by atoms with Gasteiger partial charge in [0.2, 0.25) is 5.91 Å². The van der Waals surface area contributed by atoms with Crippen molar-refractivity contribution in [3.05, 3.63) is 0 Å². The molecule has 15 heavy (non-hydrogen) atoms. The van der Waals surface area contributed by atoms with Crippen LogP contribution < -0.4 is 5.73 Å². The molecule has 1 aliphatic heterocycles. The molecule has 0 aromatic carbocycles. The van der Waals surface area contributed by atoms with Crippen molar-refractivity contribution < 1.29 is 4.79 Å². The highest BCUT2D eigenvalue weighted by Crippen LogP contribution is 2.16. The second-order valence-electron chi connectivity index (χ2n) is 4.82. The second-order valence-corrected chi connectivity index (χ2v) is 4.82. The van der Waals surface area contributed by atoms with E-state index in [-0.39, 0.29) is 5.91 Å². The predicted molar refractivity (Wildman–Crippen MR) is 61.5 cm³/mol. The molecule has 1 unspecified atom stereocenters. The Hall–Kier alpha value is -0.610. The van der Waals surface area contributed by atoms with Crippen molar-refractivity contribution in [2.75, 3.05) is 33.2 Å². The third kappa shape index (κ3) is 3.47. The molecular formula is C11H23N3O. The van der Waals surface area contributed by atoms with E-state index in [2.05, 4.69) is 18.7 Å². The number of rotatable bonds is 4. The number of hydrogen-bond donors (Lipinski definition) is 1. The quantitative estimate of drug-likeness (QED) is 0.722. The summed E-state index contributed by atoms with van der Waals surface area (Å²) in [6, 6.07) is 0.483. The Morgan fingerprint density at radius 3 is 2.73 bits per heavy atom. The lowest BCUT2D eigenvalue weighted by Gasteiger charge is -2.40. The van der Waals surface area contributed by atoms with Gasteiger partial charge in [0.15, 0.2) is 0 Å². The van der Waals surface area contributed by atoms with Gasteiger partial charge in [0.25, 0.3) is 0 Å². The molecule has 4 nitrogen and oxygen atoms in total. The fraction of sp³-hybridized carbons (Fsp3) is 0.909. The smallest absolute Gasteiger partial charge is 0.236 e. The molecule has 1 amide bonds. The van der Waals surface area contributed by atoms with Gasteiger partial charge in [0, 0.05) is 32.7 Å². The van der Waals surface area contributed by atoms with Crippen molar-refractivity contribution in [1.29, 1.82) is 0 Å². The maximum atomic E-state index is 11.6. The zero-order chi connectivity index (χ0) is 11.4. The van der Waals surface area contributed by atoms with E-state index in [1.807, 2.05) is 11.9 Å². The summed E-state index contributed by atoms with van der Waals surface area (Å²) in [7, 11) is 1.88. The van der Waals surface area contributed by atoms with Crippen LogP contribution in [0.4, 0.5) is 0 Å². The summed E-state index contributed by atoms with van der Waals surface area (Å²) in [5.74, 6) is 0.875. The highest BCUT2D eigenvalue weighted by atomic mass is 16.2. The van der Waals surface area contributed by atoms with Crippen molar-refractivity contribution in [3.63, 3.8) is 0 Å². The molecule has 1 aliphatic rings. The Labute approximate surface area is 92.4 Å². The highest BCUT2D eigenvalue weighted by molar-refractivity contribution is 5.78. The van der Waals surface area contributed by atoms with Gasteiger partial charge in [-0.25, -0.2) is 0 Å². The number of nitrogens with zero attached hydrogens (tertiary/aromatic N) is 2. The standard InChI is InChI=1S/C11H23N3O/c1-9(2)6-10-7-13(3)11(15)8-14(10)5-4-12/h9-10H,4-8,12H2,1-3H3. The summed E-state index contributed by atoms with van der Waals surface area (Å²) < 4.78 is 0. The minimum absolute atomic E-state index is 0.212. The summed E-state index contributed by atoms with van der Waals surface area (Å²) in [6.45, 7) is 7.28. The molecule has 0 saturated carbocycles. The number of hydrogen-bond acceptors (Lipinski definition) is 3. The van der Waals surface area contributed by atoms with Crippen LogP contribution in [-0.4, -0.2) is 55.0 Å². The molecule has 88 valence electrons. The van der Waals surface area contributed by atoms with Gasteiger partial charge in [-0.3, -0.25) is 9.69 Å². The Kier molecular flexibility index (Phi) is 4.54. The average Bonchev–Trinajstić information content (AvgIpc) is 2.13. The molecule has 0 aliphatic carbocycles. The van der Waals surface area contributed by atoms with Crippen molar-refractivity contribution in [2.45, 2.75) is 26.3 Å². The Morgan fingerprint density at radius 2 is 2.20 bits per heavy atom. The van der Waals surface area contributed by atoms with Crippen LogP contribution in [0.25, 0.3) is 0 Å². The van der Waals surface area contributed by atoms with E-state index in [0.717, 1.165) is 19.5 Å². The van der Waals surface area contributed by atoms with Crippen molar-refractivity contribution in [1.82, 2.24) is 9.80 Å². The monoisotopic (exact) mass is 213 g/mol. The molecule has 2 N–H and O–H groups in total. The molecule has 1 fully saturated rings. The predicted octanol–water partition coefficient (Wildman–Crippen LogP) is 0.134. The molecule has 1 rings (SSSR count). The van der Waals surface area contributed by atoms with E-state index in [0.29, 0.717) is 25.0 Å². The van der Waals surface area contributed by atoms with Crippen LogP contribution in [-0.2, 0) is 4.79 Å². The number of nitrogens with two attached hydrogens (primary N) is 1. The van der Waals surface area contributed by atoms with E-state index in [1.165, 1.54) is 0 Å². The summed E-state index contributed by atoms with van der Waals surface area (Å²) in [5, 5.41) is 0. The first-order chi connectivity index (χ1) is 7.04. The van der Waals surface area contributed by atoms with Crippen LogP contribution in [0.3, 0.4) is 0 Å². The van der Waals surface area contributed by atoms with Crippen LogP contribution in [0.1, 0.15) is 20.3 Å². The number of piperazine rings is 1. The first-order valence-electron chi connectivity index (χ1n) is 5.72. The number of amides is 1. The molecule has 1 saturated heterocycles. The first-order valence-corrected chi connectivity index (χ1v) is 5.72. The van der Waals surface area contributed by atoms with Crippen LogP contribution in [0, 0.1) is 5.92 Å². The summed E-state index contributed by atoms with van der Waals surface area (Å²) in [5.41, 5.74) is 5.57. The molecule has 0 radical (unpaired) electrons. The highest BCUT2D eigenvalue weighted by Gasteiger charge is 2.29. The molecule has 0 aromatic rings. The summed E-state index contributed by atoms with van der Waals surface area (Å²) in [4.78, 5) is 15.6. The molecule has 1 atom stereocenters. The van der Waals surface area contributed by atoms with Gasteiger partial charge >= 0.3 is 0 Å². The van der Waals surface area contributed by atoms with Crippen molar-refractivity contribution in [2.24, 2.45) is 11.7 Å². The lowest BCUT2D eigenvalue weighted by Crippen LogP contribution is -2.56. The normalized spacial score (nSPS) is 23.9. The van der Waals surface area contributed by atoms with Gasteiger partial charge in [-0.2, -0.15) is 0 Å². The van der Waals surface area contributed by atoms with Crippen LogP contribution >= 0.6 is 0 Å². The maximum Gasteiger partial charge on any atom is 0.236 e. The minimum Gasteiger partial charge on any atom is -0.343 e. The van der Waals surface area contributed by atoms with E-state index < -0.39 is 0 Å². The van der Waals surface area contributed by atoms with Crippen LogP contribution in [0.15, 0.2) is 0 Å². The molecule has 0 spiro atoms. The molecule has 1 heterocycles. The second kappa shape index (κ2) is 5.47. The molecule has 0 bridgehead atoms. The number of likely N-dealkylation sites (N-methyl/N-ethyl adjacent to an activating group) is 1. The zero-order valence-corrected chi connectivity index (χ0v) is 10.1. The average molecular weight is 213 g/mol. The third-order valence-electron chi connectivity index (χ3n) is 2.92. The largest absolute Gasteiger partial charge is 0.343 e. The van der Waals surface area contributed by atoms with Gasteiger partial charge in [-0.05, 0) is 12.3 Å². The van der Waals surface area contributed by atoms with E-state index in [1.54, 1.807) is 0 Å². The molecular weight excluding hydrogens is 190 g/mol. The number of carbonyl (C=O) groups excluding carboxylic acids is 1. The Morgan fingerprint density at radius 1 is 1.53 bits per heavy atom. The van der Waals surface area contributed by atoms with Crippen LogP contribution in [0.5, 0.6) is 0 Å². The zero-order valence-electron chi connectivity index (χ0n) is 10.1. The van der Waals surface area contributed by atoms with Gasteiger partial charge in [0.1, 0.15) is 0 Å². The summed E-state index contributed by atoms with van der Waals surface area (Å²) in [6.07, 6.45) is 1.14. The first kappa shape index (κ1) is 12.5. The number of carbonyl (C=O) groups is 1. The fourth-order valence-corrected chi connectivity index (χ4v) is 2.15. The SMILES string of the molecule is CC(C)CC1CN(C)C(=O)CN1CCN. The van der Waals surface area contributed by atoms with Gasteiger partial charge < -0.3 is 10.6 Å². The minimum atomic E-state index is 0.212. The van der Waals surface area contributed by atoms with E-state index in [4.69, 9.17) is 5.73 Å². The molecule has 0 aromatic heterocycles. The third-order valence-corrected chi connectivity index (χ3v) is 2.92.